The summed E-state index contributed by atoms with van der Waals surface area (Å²) in [6.45, 7) is 13.3. The largest absolute Gasteiger partial charge is 0.462 e. The second kappa shape index (κ2) is 40.7. The maximum atomic E-state index is 13.1. The third-order valence-electron chi connectivity index (χ3n) is 13.5. The fourth-order valence-corrected chi connectivity index (χ4v) is 8.92. The molecular formula is C56H106N2O8. The van der Waals surface area contributed by atoms with Crippen LogP contribution in [-0.2, 0) is 38.1 Å². The molecule has 0 spiro atoms. The van der Waals surface area contributed by atoms with E-state index >= 15 is 0 Å². The molecule has 0 heterocycles. The standard InChI is InChI=1S/C56H106N2O8/c1-8-10-12-14-16-18-20-22-24-26-28-30-32-34-36-38-53(61)65-49-44-48(58-52(60)41-40-51(59)57-43-42-55(3,4)64-47-56(5,6)63-7)45-50(46-49)66-54(62)39-37-35-33-31-29-27-25-23-21-19-17-15-13-11-9-2/h48-50H,8-47H2,1-7H3,(H,57,59)(H,58,60). The van der Waals surface area contributed by atoms with Gasteiger partial charge in [0.15, 0.2) is 0 Å². The van der Waals surface area contributed by atoms with Gasteiger partial charge in [0.05, 0.1) is 17.8 Å². The first-order valence-corrected chi connectivity index (χ1v) is 27.9. The van der Waals surface area contributed by atoms with E-state index in [0.717, 1.165) is 38.5 Å². The van der Waals surface area contributed by atoms with E-state index in [2.05, 4.69) is 24.5 Å². The Kier molecular flexibility index (Phi) is 38.1. The Morgan fingerprint density at radius 2 is 0.803 bits per heavy atom. The molecule has 2 unspecified atom stereocenters. The Morgan fingerprint density at radius 3 is 1.17 bits per heavy atom. The fourth-order valence-electron chi connectivity index (χ4n) is 8.92. The van der Waals surface area contributed by atoms with Gasteiger partial charge in [-0.15, -0.1) is 0 Å². The molecule has 0 aromatic carbocycles. The summed E-state index contributed by atoms with van der Waals surface area (Å²) in [5, 5.41) is 5.98. The molecule has 0 aromatic heterocycles. The van der Waals surface area contributed by atoms with E-state index in [1.54, 1.807) is 7.11 Å². The van der Waals surface area contributed by atoms with Gasteiger partial charge < -0.3 is 29.6 Å². The van der Waals surface area contributed by atoms with Crippen LogP contribution < -0.4 is 10.6 Å². The summed E-state index contributed by atoms with van der Waals surface area (Å²) in [6.07, 6.45) is 40.0. The Balaban J connectivity index is 2.48. The first-order valence-electron chi connectivity index (χ1n) is 27.9. The lowest BCUT2D eigenvalue weighted by molar-refractivity contribution is -0.160. The van der Waals surface area contributed by atoms with Crippen LogP contribution in [0.4, 0.5) is 0 Å². The molecule has 1 saturated carbocycles. The lowest BCUT2D eigenvalue weighted by Gasteiger charge is -2.34. The van der Waals surface area contributed by atoms with Crippen LogP contribution in [0, 0.1) is 0 Å². The van der Waals surface area contributed by atoms with Gasteiger partial charge in [0.1, 0.15) is 12.2 Å². The van der Waals surface area contributed by atoms with Crippen LogP contribution in [0.2, 0.25) is 0 Å². The smallest absolute Gasteiger partial charge is 0.306 e. The van der Waals surface area contributed by atoms with Crippen molar-refractivity contribution in [2.75, 3.05) is 20.3 Å². The average molecular weight is 935 g/mol. The van der Waals surface area contributed by atoms with Crippen LogP contribution in [0.1, 0.15) is 286 Å². The molecule has 0 saturated heterocycles. The highest BCUT2D eigenvalue weighted by Gasteiger charge is 2.34. The van der Waals surface area contributed by atoms with Crippen LogP contribution in [0.5, 0.6) is 0 Å². The van der Waals surface area contributed by atoms with Gasteiger partial charge in [-0.05, 0) is 47.0 Å². The zero-order chi connectivity index (χ0) is 48.6. The van der Waals surface area contributed by atoms with Crippen LogP contribution in [0.3, 0.4) is 0 Å². The minimum atomic E-state index is -0.445. The molecular weight excluding hydrogens is 829 g/mol. The molecule has 10 heteroatoms. The monoisotopic (exact) mass is 935 g/mol. The summed E-state index contributed by atoms with van der Waals surface area (Å²) in [7, 11) is 1.66. The number of amides is 2. The van der Waals surface area contributed by atoms with Gasteiger partial charge >= 0.3 is 11.9 Å². The molecule has 1 rings (SSSR count). The number of hydrogen-bond acceptors (Lipinski definition) is 8. The predicted octanol–water partition coefficient (Wildman–Crippen LogP) is 14.5. The number of carbonyl (C=O) groups is 4. The zero-order valence-corrected chi connectivity index (χ0v) is 44.3. The molecule has 0 aromatic rings. The molecule has 2 atom stereocenters. The quantitative estimate of drug-likeness (QED) is 0.0456. The van der Waals surface area contributed by atoms with Crippen molar-refractivity contribution in [1.82, 2.24) is 10.6 Å². The second-order valence-electron chi connectivity index (χ2n) is 21.2. The van der Waals surface area contributed by atoms with Gasteiger partial charge in [-0.3, -0.25) is 19.2 Å². The first-order chi connectivity index (χ1) is 31.8. The Labute approximate surface area is 406 Å². The summed E-state index contributed by atoms with van der Waals surface area (Å²) in [5.41, 5.74) is -0.842. The Hall–Kier alpha value is -2.20. The van der Waals surface area contributed by atoms with E-state index in [-0.39, 0.29) is 42.6 Å². The number of rotatable bonds is 45. The molecule has 388 valence electrons. The van der Waals surface area contributed by atoms with E-state index in [1.807, 2.05) is 27.7 Å². The third kappa shape index (κ3) is 37.7. The van der Waals surface area contributed by atoms with Crippen molar-refractivity contribution >= 4 is 23.8 Å². The number of hydrogen-bond donors (Lipinski definition) is 2. The minimum absolute atomic E-state index is 0.0392. The number of nitrogens with one attached hydrogen (secondary N) is 2. The van der Waals surface area contributed by atoms with Gasteiger partial charge in [-0.2, -0.15) is 0 Å². The second-order valence-corrected chi connectivity index (χ2v) is 21.2. The number of esters is 2. The number of carbonyl (C=O) groups excluding carboxylic acids is 4. The highest BCUT2D eigenvalue weighted by atomic mass is 16.6. The van der Waals surface area contributed by atoms with Crippen LogP contribution in [-0.4, -0.2) is 73.5 Å². The fraction of sp³-hybridized carbons (Fsp3) is 0.929. The third-order valence-corrected chi connectivity index (χ3v) is 13.5. The molecule has 66 heavy (non-hydrogen) atoms. The number of methoxy groups -OCH3 is 1. The van der Waals surface area contributed by atoms with E-state index in [1.165, 1.54) is 154 Å². The van der Waals surface area contributed by atoms with Crippen molar-refractivity contribution in [3.8, 4) is 0 Å². The molecule has 1 fully saturated rings. The average Bonchev–Trinajstić information content (AvgIpc) is 3.27. The molecule has 2 N–H and O–H groups in total. The van der Waals surface area contributed by atoms with E-state index in [0.29, 0.717) is 51.7 Å². The van der Waals surface area contributed by atoms with Crippen LogP contribution in [0.15, 0.2) is 0 Å². The van der Waals surface area contributed by atoms with Crippen molar-refractivity contribution in [3.63, 3.8) is 0 Å². The number of ether oxygens (including phenoxy) is 4. The number of unbranched alkanes of at least 4 members (excludes halogenated alkanes) is 28. The molecule has 0 bridgehead atoms. The summed E-state index contributed by atoms with van der Waals surface area (Å²) in [4.78, 5) is 51.8. The highest BCUT2D eigenvalue weighted by Crippen LogP contribution is 2.27. The van der Waals surface area contributed by atoms with Gasteiger partial charge in [0, 0.05) is 64.6 Å². The molecule has 0 radical (unpaired) electrons. The molecule has 10 nitrogen and oxygen atoms in total. The summed E-state index contributed by atoms with van der Waals surface area (Å²) >= 11 is 0. The van der Waals surface area contributed by atoms with E-state index in [9.17, 15) is 19.2 Å². The first kappa shape index (κ1) is 61.8. The predicted molar refractivity (Wildman–Crippen MR) is 273 cm³/mol. The van der Waals surface area contributed by atoms with Crippen molar-refractivity contribution in [1.29, 1.82) is 0 Å². The molecule has 1 aliphatic carbocycles. The van der Waals surface area contributed by atoms with Crippen molar-refractivity contribution in [2.45, 2.75) is 315 Å². The normalized spacial score (nSPS) is 16.6. The maximum absolute atomic E-state index is 13.1. The summed E-state index contributed by atoms with van der Waals surface area (Å²) in [5.74, 6) is -0.888. The SMILES string of the molecule is CCCCCCCCCCCCCCCCCC(=O)OC1CC(NC(=O)CCC(=O)NCCC(C)(C)OCC(C)(C)OC)CC(OC(=O)CCCCCCCCCCCCCCCCC)C1. The zero-order valence-electron chi connectivity index (χ0n) is 44.3. The van der Waals surface area contributed by atoms with Gasteiger partial charge in [-0.25, -0.2) is 0 Å². The lowest BCUT2D eigenvalue weighted by atomic mass is 9.90. The van der Waals surface area contributed by atoms with Crippen LogP contribution in [0.25, 0.3) is 0 Å². The Bertz CT molecular complexity index is 1150. The Morgan fingerprint density at radius 1 is 0.455 bits per heavy atom. The van der Waals surface area contributed by atoms with Crippen molar-refractivity contribution < 1.29 is 38.1 Å². The van der Waals surface area contributed by atoms with E-state index < -0.39 is 23.4 Å². The highest BCUT2D eigenvalue weighted by molar-refractivity contribution is 5.83. The topological polar surface area (TPSA) is 129 Å². The lowest BCUT2D eigenvalue weighted by Crippen LogP contribution is -2.46. The summed E-state index contributed by atoms with van der Waals surface area (Å²) in [6, 6.07) is -0.323. The molecule has 2 amide bonds. The van der Waals surface area contributed by atoms with Gasteiger partial charge in [0.2, 0.25) is 11.8 Å². The minimum Gasteiger partial charge on any atom is -0.462 e. The van der Waals surface area contributed by atoms with Crippen LogP contribution >= 0.6 is 0 Å². The van der Waals surface area contributed by atoms with Gasteiger partial charge in [-0.1, -0.05) is 194 Å². The maximum Gasteiger partial charge on any atom is 0.306 e. The molecule has 1 aliphatic rings. The van der Waals surface area contributed by atoms with Gasteiger partial charge in [0.25, 0.3) is 0 Å². The van der Waals surface area contributed by atoms with Crippen molar-refractivity contribution in [3.05, 3.63) is 0 Å². The molecule has 0 aliphatic heterocycles. The summed E-state index contributed by atoms with van der Waals surface area (Å²) < 4.78 is 23.4. The van der Waals surface area contributed by atoms with Crippen molar-refractivity contribution in [2.24, 2.45) is 0 Å². The van der Waals surface area contributed by atoms with E-state index in [4.69, 9.17) is 18.9 Å².